The first-order valence-corrected chi connectivity index (χ1v) is 6.07. The number of ether oxygens (including phenoxy) is 1. The summed E-state index contributed by atoms with van der Waals surface area (Å²) in [5.41, 5.74) is 6.50. The Bertz CT molecular complexity index is 508. The molecule has 0 aliphatic heterocycles. The number of ketones is 1. The highest BCUT2D eigenvalue weighted by Crippen LogP contribution is 2.22. The van der Waals surface area contributed by atoms with Gasteiger partial charge in [0, 0.05) is 10.4 Å². The average Bonchev–Trinajstić information content (AvgIpc) is 2.91. The summed E-state index contributed by atoms with van der Waals surface area (Å²) in [5, 5.41) is 1.91. The van der Waals surface area contributed by atoms with Crippen LogP contribution in [-0.2, 0) is 0 Å². The molecule has 0 fully saturated rings. The van der Waals surface area contributed by atoms with Crippen LogP contribution in [-0.4, -0.2) is 12.9 Å². The van der Waals surface area contributed by atoms with Crippen LogP contribution in [0.15, 0.2) is 41.8 Å². The third-order valence-electron chi connectivity index (χ3n) is 2.49. The zero-order valence-electron chi connectivity index (χ0n) is 9.42. The van der Waals surface area contributed by atoms with Gasteiger partial charge in [0.15, 0.2) is 5.78 Å². The monoisotopic (exact) mass is 247 g/mol. The van der Waals surface area contributed by atoms with Crippen molar-refractivity contribution < 1.29 is 9.53 Å². The van der Waals surface area contributed by atoms with Gasteiger partial charge >= 0.3 is 0 Å². The summed E-state index contributed by atoms with van der Waals surface area (Å²) in [4.78, 5) is 13.0. The number of methoxy groups -OCH3 is 1. The van der Waals surface area contributed by atoms with E-state index in [0.29, 0.717) is 11.3 Å². The van der Waals surface area contributed by atoms with Crippen LogP contribution < -0.4 is 10.5 Å². The van der Waals surface area contributed by atoms with Gasteiger partial charge in [0.25, 0.3) is 0 Å². The highest BCUT2D eigenvalue weighted by molar-refractivity contribution is 7.10. The van der Waals surface area contributed by atoms with Crippen LogP contribution in [0.4, 0.5) is 0 Å². The van der Waals surface area contributed by atoms with Crippen molar-refractivity contribution in [3.63, 3.8) is 0 Å². The van der Waals surface area contributed by atoms with E-state index in [0.717, 1.165) is 4.88 Å². The Labute approximate surface area is 104 Å². The van der Waals surface area contributed by atoms with Crippen molar-refractivity contribution in [1.82, 2.24) is 0 Å². The van der Waals surface area contributed by atoms with Crippen LogP contribution >= 0.6 is 11.3 Å². The van der Waals surface area contributed by atoms with Gasteiger partial charge in [-0.15, -0.1) is 11.3 Å². The van der Waals surface area contributed by atoms with Gasteiger partial charge < -0.3 is 10.5 Å². The molecule has 17 heavy (non-hydrogen) atoms. The van der Waals surface area contributed by atoms with Gasteiger partial charge in [-0.05, 0) is 23.6 Å². The van der Waals surface area contributed by atoms with E-state index in [1.54, 1.807) is 31.4 Å². The first-order chi connectivity index (χ1) is 8.22. The van der Waals surface area contributed by atoms with Crippen molar-refractivity contribution in [1.29, 1.82) is 0 Å². The minimum atomic E-state index is -0.595. The van der Waals surface area contributed by atoms with Gasteiger partial charge in [0.1, 0.15) is 11.8 Å². The molecule has 2 aromatic rings. The number of thiophene rings is 1. The standard InChI is InChI=1S/C13H13NO2S/c1-16-10-5-2-4-9(8-10)13(15)12(14)11-6-3-7-17-11/h2-8,12H,14H2,1H3. The number of hydrogen-bond acceptors (Lipinski definition) is 4. The highest BCUT2D eigenvalue weighted by Gasteiger charge is 2.18. The molecule has 1 heterocycles. The summed E-state index contributed by atoms with van der Waals surface area (Å²) < 4.78 is 5.09. The van der Waals surface area contributed by atoms with Crippen molar-refractivity contribution >= 4 is 17.1 Å². The number of carbonyl (C=O) groups excluding carboxylic acids is 1. The topological polar surface area (TPSA) is 52.3 Å². The lowest BCUT2D eigenvalue weighted by Gasteiger charge is -2.09. The predicted molar refractivity (Wildman–Crippen MR) is 68.6 cm³/mol. The minimum absolute atomic E-state index is 0.0913. The second kappa shape index (κ2) is 5.12. The van der Waals surface area contributed by atoms with Gasteiger partial charge in [-0.25, -0.2) is 0 Å². The Hall–Kier alpha value is -1.65. The quantitative estimate of drug-likeness (QED) is 0.845. The van der Waals surface area contributed by atoms with Crippen molar-refractivity contribution in [3.8, 4) is 5.75 Å². The molecule has 4 heteroatoms. The number of nitrogens with two attached hydrogens (primary N) is 1. The fourth-order valence-corrected chi connectivity index (χ4v) is 2.28. The Morgan fingerprint density at radius 3 is 2.82 bits per heavy atom. The van der Waals surface area contributed by atoms with E-state index < -0.39 is 6.04 Å². The van der Waals surface area contributed by atoms with E-state index in [-0.39, 0.29) is 5.78 Å². The summed E-state index contributed by atoms with van der Waals surface area (Å²) in [6, 6.07) is 10.2. The second-order valence-electron chi connectivity index (χ2n) is 3.59. The predicted octanol–water partition coefficient (Wildman–Crippen LogP) is 2.64. The minimum Gasteiger partial charge on any atom is -0.497 e. The first-order valence-electron chi connectivity index (χ1n) is 5.19. The van der Waals surface area contributed by atoms with Gasteiger partial charge in [0.2, 0.25) is 0 Å². The van der Waals surface area contributed by atoms with Crippen molar-refractivity contribution in [2.24, 2.45) is 5.73 Å². The van der Waals surface area contributed by atoms with Crippen LogP contribution in [0, 0.1) is 0 Å². The summed E-state index contributed by atoms with van der Waals surface area (Å²) in [6.07, 6.45) is 0. The maximum Gasteiger partial charge on any atom is 0.184 e. The van der Waals surface area contributed by atoms with Crippen molar-refractivity contribution in [2.75, 3.05) is 7.11 Å². The van der Waals surface area contributed by atoms with Crippen LogP contribution in [0.2, 0.25) is 0 Å². The fourth-order valence-electron chi connectivity index (χ4n) is 1.55. The Kier molecular flexibility index (Phi) is 3.56. The number of carbonyl (C=O) groups is 1. The van der Waals surface area contributed by atoms with Crippen molar-refractivity contribution in [2.45, 2.75) is 6.04 Å². The molecule has 1 aromatic heterocycles. The molecule has 0 bridgehead atoms. The van der Waals surface area contributed by atoms with E-state index in [1.165, 1.54) is 11.3 Å². The summed E-state index contributed by atoms with van der Waals surface area (Å²) >= 11 is 1.49. The molecule has 3 nitrogen and oxygen atoms in total. The maximum atomic E-state index is 12.1. The van der Waals surface area contributed by atoms with Crippen molar-refractivity contribution in [3.05, 3.63) is 52.2 Å². The zero-order valence-corrected chi connectivity index (χ0v) is 10.2. The molecule has 0 aliphatic rings. The van der Waals surface area contributed by atoms with E-state index in [9.17, 15) is 4.79 Å². The van der Waals surface area contributed by atoms with Crippen LogP contribution in [0.3, 0.4) is 0 Å². The van der Waals surface area contributed by atoms with E-state index in [1.807, 2.05) is 17.5 Å². The van der Waals surface area contributed by atoms with E-state index >= 15 is 0 Å². The van der Waals surface area contributed by atoms with Crippen LogP contribution in [0.25, 0.3) is 0 Å². The lowest BCUT2D eigenvalue weighted by atomic mass is 10.0. The van der Waals surface area contributed by atoms with Gasteiger partial charge in [-0.3, -0.25) is 4.79 Å². The van der Waals surface area contributed by atoms with Crippen LogP contribution in [0.5, 0.6) is 5.75 Å². The molecule has 1 aromatic carbocycles. The number of Topliss-reactive ketones (excluding diaryl/α,β-unsaturated/α-hetero) is 1. The second-order valence-corrected chi connectivity index (χ2v) is 4.57. The van der Waals surface area contributed by atoms with Gasteiger partial charge in [0.05, 0.1) is 7.11 Å². The Morgan fingerprint density at radius 2 is 2.18 bits per heavy atom. The fraction of sp³-hybridized carbons (Fsp3) is 0.154. The molecular weight excluding hydrogens is 234 g/mol. The summed E-state index contributed by atoms with van der Waals surface area (Å²) in [7, 11) is 1.57. The molecular formula is C13H13NO2S. The molecule has 88 valence electrons. The molecule has 0 saturated heterocycles. The molecule has 1 unspecified atom stereocenters. The third-order valence-corrected chi connectivity index (χ3v) is 3.44. The molecule has 1 atom stereocenters. The number of hydrogen-bond donors (Lipinski definition) is 1. The average molecular weight is 247 g/mol. The largest absolute Gasteiger partial charge is 0.497 e. The molecule has 0 saturated carbocycles. The smallest absolute Gasteiger partial charge is 0.184 e. The first kappa shape index (κ1) is 11.8. The lowest BCUT2D eigenvalue weighted by molar-refractivity contribution is 0.0962. The van der Waals surface area contributed by atoms with Gasteiger partial charge in [-0.2, -0.15) is 0 Å². The SMILES string of the molecule is COc1cccc(C(=O)C(N)c2cccs2)c1. The maximum absolute atomic E-state index is 12.1. The summed E-state index contributed by atoms with van der Waals surface area (Å²) in [5.74, 6) is 0.570. The lowest BCUT2D eigenvalue weighted by Crippen LogP contribution is -2.20. The molecule has 0 aliphatic carbocycles. The molecule has 0 amide bonds. The molecule has 2 rings (SSSR count). The Balaban J connectivity index is 2.24. The molecule has 0 spiro atoms. The number of benzene rings is 1. The Morgan fingerprint density at radius 1 is 1.35 bits per heavy atom. The molecule has 2 N–H and O–H groups in total. The number of rotatable bonds is 4. The van der Waals surface area contributed by atoms with Gasteiger partial charge in [-0.1, -0.05) is 18.2 Å². The van der Waals surface area contributed by atoms with Crippen LogP contribution in [0.1, 0.15) is 21.3 Å². The van der Waals surface area contributed by atoms with E-state index in [2.05, 4.69) is 0 Å². The van der Waals surface area contributed by atoms with E-state index in [4.69, 9.17) is 10.5 Å². The highest BCUT2D eigenvalue weighted by atomic mass is 32.1. The zero-order chi connectivity index (χ0) is 12.3. The normalized spacial score (nSPS) is 12.1. The summed E-state index contributed by atoms with van der Waals surface area (Å²) in [6.45, 7) is 0. The third kappa shape index (κ3) is 2.54. The molecule has 0 radical (unpaired) electrons.